The van der Waals surface area contributed by atoms with Crippen LogP contribution < -0.4 is 5.32 Å². The van der Waals surface area contributed by atoms with E-state index < -0.39 is 0 Å². The predicted molar refractivity (Wildman–Crippen MR) is 106 cm³/mol. The van der Waals surface area contributed by atoms with Crippen molar-refractivity contribution in [2.75, 3.05) is 0 Å². The molecule has 0 radical (unpaired) electrons. The summed E-state index contributed by atoms with van der Waals surface area (Å²) in [5.74, 6) is -0.632. The van der Waals surface area contributed by atoms with Crippen LogP contribution >= 0.6 is 23.2 Å². The smallest absolute Gasteiger partial charge is 0.253 e. The van der Waals surface area contributed by atoms with Gasteiger partial charge in [0.1, 0.15) is 5.82 Å². The van der Waals surface area contributed by atoms with E-state index in [0.29, 0.717) is 32.2 Å². The maximum absolute atomic E-state index is 13.2. The second-order valence-corrected chi connectivity index (χ2v) is 6.99. The molecule has 0 spiro atoms. The minimum absolute atomic E-state index is 0.265. The fourth-order valence-electron chi connectivity index (χ4n) is 2.90. The number of hydrogen-bond acceptors (Lipinski definition) is 3. The number of carbonyl (C=O) groups is 1. The molecule has 2 aromatic heterocycles. The molecular weight excluding hydrogens is 402 g/mol. The van der Waals surface area contributed by atoms with Crippen molar-refractivity contribution in [2.45, 2.75) is 6.54 Å². The standard InChI is InChI=1S/C20H13Cl2FN4O/c21-13-5-12(6-14(22)7-13)8-25-20(28)18-9-24-11-19-17(18)10-26-27(19)16-3-1-15(23)2-4-16/h1-7,9-11H,8H2,(H,25,28). The summed E-state index contributed by atoms with van der Waals surface area (Å²) in [5.41, 5.74) is 2.49. The van der Waals surface area contributed by atoms with Crippen LogP contribution in [0, 0.1) is 5.82 Å². The van der Waals surface area contributed by atoms with E-state index in [1.807, 2.05) is 0 Å². The summed E-state index contributed by atoms with van der Waals surface area (Å²) in [6.45, 7) is 0.265. The van der Waals surface area contributed by atoms with Gasteiger partial charge in [0, 0.05) is 28.2 Å². The van der Waals surface area contributed by atoms with Gasteiger partial charge in [-0.3, -0.25) is 9.78 Å². The Morgan fingerprint density at radius 1 is 1.04 bits per heavy atom. The third-order valence-electron chi connectivity index (χ3n) is 4.19. The number of nitrogens with zero attached hydrogens (tertiary/aromatic N) is 3. The Kier molecular flexibility index (Phi) is 4.98. The number of benzene rings is 2. The molecule has 2 heterocycles. The molecular formula is C20H13Cl2FN4O. The van der Waals surface area contributed by atoms with Crippen molar-refractivity contribution in [3.05, 3.63) is 88.0 Å². The lowest BCUT2D eigenvalue weighted by molar-refractivity contribution is 0.0952. The Labute approximate surface area is 169 Å². The van der Waals surface area contributed by atoms with Crippen molar-refractivity contribution in [2.24, 2.45) is 0 Å². The van der Waals surface area contributed by atoms with Crippen LogP contribution in [0.25, 0.3) is 16.6 Å². The molecule has 1 N–H and O–H groups in total. The molecule has 0 atom stereocenters. The normalized spacial score (nSPS) is 11.0. The Bertz CT molecular complexity index is 1150. The molecule has 0 fully saturated rings. The quantitative estimate of drug-likeness (QED) is 0.521. The van der Waals surface area contributed by atoms with E-state index in [4.69, 9.17) is 23.2 Å². The molecule has 0 bridgehead atoms. The Hall–Kier alpha value is -2.96. The first kappa shape index (κ1) is 18.4. The highest BCUT2D eigenvalue weighted by molar-refractivity contribution is 6.34. The molecule has 4 rings (SSSR count). The van der Waals surface area contributed by atoms with Crippen molar-refractivity contribution in [3.63, 3.8) is 0 Å². The fourth-order valence-corrected chi connectivity index (χ4v) is 3.47. The molecule has 0 saturated heterocycles. The third-order valence-corrected chi connectivity index (χ3v) is 4.62. The zero-order valence-corrected chi connectivity index (χ0v) is 15.9. The number of fused-ring (bicyclic) bond motifs is 1. The first-order chi connectivity index (χ1) is 13.5. The number of halogens is 3. The highest BCUT2D eigenvalue weighted by Crippen LogP contribution is 2.22. The van der Waals surface area contributed by atoms with Gasteiger partial charge in [-0.1, -0.05) is 23.2 Å². The summed E-state index contributed by atoms with van der Waals surface area (Å²) >= 11 is 12.0. The topological polar surface area (TPSA) is 59.8 Å². The van der Waals surface area contributed by atoms with E-state index in [9.17, 15) is 9.18 Å². The van der Waals surface area contributed by atoms with Gasteiger partial charge < -0.3 is 5.32 Å². The average Bonchev–Trinajstić information content (AvgIpc) is 3.10. The van der Waals surface area contributed by atoms with Crippen molar-refractivity contribution < 1.29 is 9.18 Å². The number of carbonyl (C=O) groups excluding carboxylic acids is 1. The Balaban J connectivity index is 1.62. The van der Waals surface area contributed by atoms with Gasteiger partial charge in [-0.05, 0) is 48.0 Å². The van der Waals surface area contributed by atoms with Gasteiger partial charge in [-0.15, -0.1) is 0 Å². The second kappa shape index (κ2) is 7.58. The molecule has 0 aliphatic rings. The van der Waals surface area contributed by atoms with Crippen LogP contribution in [0.4, 0.5) is 4.39 Å². The molecule has 140 valence electrons. The molecule has 28 heavy (non-hydrogen) atoms. The maximum atomic E-state index is 13.2. The molecule has 0 aliphatic heterocycles. The van der Waals surface area contributed by atoms with Crippen molar-refractivity contribution in [3.8, 4) is 5.69 Å². The molecule has 5 nitrogen and oxygen atoms in total. The van der Waals surface area contributed by atoms with Crippen LogP contribution in [0.5, 0.6) is 0 Å². The van der Waals surface area contributed by atoms with Gasteiger partial charge in [0.05, 0.1) is 29.2 Å². The van der Waals surface area contributed by atoms with Crippen molar-refractivity contribution in [1.29, 1.82) is 0 Å². The van der Waals surface area contributed by atoms with Crippen LogP contribution in [-0.4, -0.2) is 20.7 Å². The zero-order chi connectivity index (χ0) is 19.7. The maximum Gasteiger partial charge on any atom is 0.253 e. The van der Waals surface area contributed by atoms with Crippen LogP contribution in [0.3, 0.4) is 0 Å². The molecule has 1 amide bonds. The van der Waals surface area contributed by atoms with Crippen LogP contribution in [-0.2, 0) is 6.54 Å². The lowest BCUT2D eigenvalue weighted by Crippen LogP contribution is -2.23. The first-order valence-corrected chi connectivity index (χ1v) is 9.08. The van der Waals surface area contributed by atoms with Crippen molar-refractivity contribution in [1.82, 2.24) is 20.1 Å². The van der Waals surface area contributed by atoms with Gasteiger partial charge in [-0.25, -0.2) is 9.07 Å². The number of amides is 1. The highest BCUT2D eigenvalue weighted by atomic mass is 35.5. The summed E-state index contributed by atoms with van der Waals surface area (Å²) in [4.78, 5) is 16.8. The van der Waals surface area contributed by atoms with Crippen LogP contribution in [0.1, 0.15) is 15.9 Å². The summed E-state index contributed by atoms with van der Waals surface area (Å²) < 4.78 is 14.8. The molecule has 2 aromatic carbocycles. The summed E-state index contributed by atoms with van der Waals surface area (Å²) in [6, 6.07) is 11.0. The monoisotopic (exact) mass is 414 g/mol. The molecule has 0 unspecified atom stereocenters. The van der Waals surface area contributed by atoms with Gasteiger partial charge in [0.2, 0.25) is 0 Å². The summed E-state index contributed by atoms with van der Waals surface area (Å²) in [7, 11) is 0. The van der Waals surface area contributed by atoms with E-state index in [1.54, 1.807) is 47.4 Å². The minimum atomic E-state index is -0.334. The van der Waals surface area contributed by atoms with Gasteiger partial charge in [0.15, 0.2) is 0 Å². The molecule has 0 aliphatic carbocycles. The number of aromatic nitrogens is 3. The van der Waals surface area contributed by atoms with Crippen molar-refractivity contribution >= 4 is 40.0 Å². The van der Waals surface area contributed by atoms with E-state index in [2.05, 4.69) is 15.4 Å². The second-order valence-electron chi connectivity index (χ2n) is 6.11. The van der Waals surface area contributed by atoms with E-state index in [1.165, 1.54) is 18.3 Å². The number of rotatable bonds is 4. The lowest BCUT2D eigenvalue weighted by Gasteiger charge is -2.08. The number of pyridine rings is 1. The number of nitrogens with one attached hydrogen (secondary N) is 1. The van der Waals surface area contributed by atoms with Crippen LogP contribution in [0.15, 0.2) is 61.1 Å². The van der Waals surface area contributed by atoms with Gasteiger partial charge in [0.25, 0.3) is 5.91 Å². The largest absolute Gasteiger partial charge is 0.348 e. The SMILES string of the molecule is O=C(NCc1cc(Cl)cc(Cl)c1)c1cncc2c1cnn2-c1ccc(F)cc1. The third kappa shape index (κ3) is 3.69. The average molecular weight is 415 g/mol. The zero-order valence-electron chi connectivity index (χ0n) is 14.4. The predicted octanol–water partition coefficient (Wildman–Crippen LogP) is 4.80. The molecule has 0 saturated carbocycles. The number of hydrogen-bond donors (Lipinski definition) is 1. The first-order valence-electron chi connectivity index (χ1n) is 8.32. The van der Waals surface area contributed by atoms with E-state index in [-0.39, 0.29) is 18.3 Å². The highest BCUT2D eigenvalue weighted by Gasteiger charge is 2.15. The van der Waals surface area contributed by atoms with Gasteiger partial charge >= 0.3 is 0 Å². The van der Waals surface area contributed by atoms with E-state index >= 15 is 0 Å². The Morgan fingerprint density at radius 2 is 1.75 bits per heavy atom. The molecule has 4 aromatic rings. The van der Waals surface area contributed by atoms with E-state index in [0.717, 1.165) is 5.56 Å². The van der Waals surface area contributed by atoms with Crippen LogP contribution in [0.2, 0.25) is 10.0 Å². The lowest BCUT2D eigenvalue weighted by atomic mass is 10.1. The Morgan fingerprint density at radius 3 is 2.46 bits per heavy atom. The molecule has 8 heteroatoms. The summed E-state index contributed by atoms with van der Waals surface area (Å²) in [6.07, 6.45) is 4.68. The summed E-state index contributed by atoms with van der Waals surface area (Å²) in [5, 5.41) is 8.80. The van der Waals surface area contributed by atoms with Gasteiger partial charge in [-0.2, -0.15) is 5.10 Å². The fraction of sp³-hybridized carbons (Fsp3) is 0.0500. The minimum Gasteiger partial charge on any atom is -0.348 e.